The molecule has 0 aromatic carbocycles. The van der Waals surface area contributed by atoms with Crippen molar-refractivity contribution in [2.75, 3.05) is 30.5 Å². The maximum absolute atomic E-state index is 5.63. The Bertz CT molecular complexity index is 449. The number of hydrazine groups is 1. The van der Waals surface area contributed by atoms with Gasteiger partial charge in [-0.15, -0.1) is 0 Å². The van der Waals surface area contributed by atoms with E-state index >= 15 is 0 Å². The molecule has 0 amide bonds. The number of anilines is 1. The minimum absolute atomic E-state index is 0.283. The van der Waals surface area contributed by atoms with Crippen molar-refractivity contribution in [3.8, 4) is 0 Å². The second-order valence-electron chi connectivity index (χ2n) is 5.30. The fourth-order valence-electron chi connectivity index (χ4n) is 2.51. The summed E-state index contributed by atoms with van der Waals surface area (Å²) >= 11 is 1.96. The van der Waals surface area contributed by atoms with E-state index in [1.54, 1.807) is 0 Å². The Kier molecular flexibility index (Phi) is 4.65. The molecule has 6 heteroatoms. The Hall–Kier alpha value is -0.850. The van der Waals surface area contributed by atoms with Gasteiger partial charge in [-0.1, -0.05) is 13.8 Å². The van der Waals surface area contributed by atoms with Crippen molar-refractivity contribution in [1.82, 2.24) is 14.9 Å². The van der Waals surface area contributed by atoms with Gasteiger partial charge in [0.1, 0.15) is 11.6 Å². The van der Waals surface area contributed by atoms with E-state index in [0.29, 0.717) is 5.92 Å². The molecule has 1 fully saturated rings. The van der Waals surface area contributed by atoms with Crippen LogP contribution in [0.15, 0.2) is 0 Å². The third-order valence-corrected chi connectivity index (χ3v) is 4.58. The second-order valence-corrected chi connectivity index (χ2v) is 6.45. The molecule has 0 saturated carbocycles. The van der Waals surface area contributed by atoms with Gasteiger partial charge in [0.25, 0.3) is 0 Å². The van der Waals surface area contributed by atoms with E-state index in [-0.39, 0.29) is 6.04 Å². The van der Waals surface area contributed by atoms with Gasteiger partial charge in [-0.25, -0.2) is 15.8 Å². The molecule has 106 valence electrons. The molecule has 1 atom stereocenters. The highest BCUT2D eigenvalue weighted by atomic mass is 32.2. The number of nitrogens with one attached hydrogen (secondary N) is 1. The molecule has 1 unspecified atom stereocenters. The lowest BCUT2D eigenvalue weighted by Crippen LogP contribution is -2.34. The number of aryl methyl sites for hydroxylation is 1. The van der Waals surface area contributed by atoms with E-state index in [2.05, 4.69) is 36.2 Å². The summed E-state index contributed by atoms with van der Waals surface area (Å²) in [6, 6.07) is 0.283. The van der Waals surface area contributed by atoms with Crippen LogP contribution >= 0.6 is 11.8 Å². The standard InChI is InChI=1S/C13H23N5S/c1-8(2)11-9(3)15-12(16-13(11)17-14)10-7-19-6-5-18(10)4/h8,10H,5-7,14H2,1-4H3,(H,15,16,17). The molecular weight excluding hydrogens is 258 g/mol. The summed E-state index contributed by atoms with van der Waals surface area (Å²) in [5.74, 6) is 9.86. The quantitative estimate of drug-likeness (QED) is 0.652. The molecule has 5 nitrogen and oxygen atoms in total. The lowest BCUT2D eigenvalue weighted by Gasteiger charge is -2.31. The first kappa shape index (κ1) is 14.6. The molecule has 1 aromatic rings. The second kappa shape index (κ2) is 6.07. The number of aromatic nitrogens is 2. The third-order valence-electron chi connectivity index (χ3n) is 3.56. The highest BCUT2D eigenvalue weighted by Gasteiger charge is 2.25. The van der Waals surface area contributed by atoms with Crippen LogP contribution in [0.1, 0.15) is 42.9 Å². The van der Waals surface area contributed by atoms with Gasteiger partial charge in [-0.2, -0.15) is 11.8 Å². The number of hydrogen-bond donors (Lipinski definition) is 2. The molecule has 19 heavy (non-hydrogen) atoms. The van der Waals surface area contributed by atoms with Gasteiger partial charge in [0.05, 0.1) is 6.04 Å². The zero-order valence-electron chi connectivity index (χ0n) is 12.1. The summed E-state index contributed by atoms with van der Waals surface area (Å²) in [5.41, 5.74) is 4.87. The molecule has 0 spiro atoms. The van der Waals surface area contributed by atoms with Gasteiger partial charge in [0.15, 0.2) is 0 Å². The Morgan fingerprint density at radius 3 is 2.74 bits per heavy atom. The predicted octanol–water partition coefficient (Wildman–Crippen LogP) is 1.91. The van der Waals surface area contributed by atoms with Crippen LogP contribution in [0.25, 0.3) is 0 Å². The summed E-state index contributed by atoms with van der Waals surface area (Å²) in [5, 5.41) is 0. The van der Waals surface area contributed by atoms with Crippen LogP contribution in [0, 0.1) is 6.92 Å². The van der Waals surface area contributed by atoms with Crippen LogP contribution in [0.3, 0.4) is 0 Å². The van der Waals surface area contributed by atoms with Crippen LogP contribution in [-0.4, -0.2) is 40.0 Å². The SMILES string of the molecule is Cc1nc(C2CSCCN2C)nc(NN)c1C(C)C. The average molecular weight is 281 g/mol. The van der Waals surface area contributed by atoms with Crippen LogP contribution in [-0.2, 0) is 0 Å². The Labute approximate surface area is 119 Å². The van der Waals surface area contributed by atoms with Crippen molar-refractivity contribution in [3.63, 3.8) is 0 Å². The van der Waals surface area contributed by atoms with Gasteiger partial charge in [-0.05, 0) is 19.9 Å². The normalized spacial score (nSPS) is 20.8. The lowest BCUT2D eigenvalue weighted by molar-refractivity contribution is 0.264. The minimum atomic E-state index is 0.283. The summed E-state index contributed by atoms with van der Waals surface area (Å²) in [4.78, 5) is 11.7. The van der Waals surface area contributed by atoms with Crippen molar-refractivity contribution >= 4 is 17.6 Å². The predicted molar refractivity (Wildman–Crippen MR) is 81.4 cm³/mol. The average Bonchev–Trinajstić information content (AvgIpc) is 2.37. The monoisotopic (exact) mass is 281 g/mol. The molecular formula is C13H23N5S. The number of nitrogens with zero attached hydrogens (tertiary/aromatic N) is 3. The van der Waals surface area contributed by atoms with Crippen molar-refractivity contribution in [3.05, 3.63) is 17.1 Å². The highest BCUT2D eigenvalue weighted by Crippen LogP contribution is 2.30. The lowest BCUT2D eigenvalue weighted by atomic mass is 10.0. The van der Waals surface area contributed by atoms with E-state index in [9.17, 15) is 0 Å². The largest absolute Gasteiger partial charge is 0.308 e. The van der Waals surface area contributed by atoms with Crippen molar-refractivity contribution < 1.29 is 0 Å². The van der Waals surface area contributed by atoms with Crippen LogP contribution < -0.4 is 11.3 Å². The van der Waals surface area contributed by atoms with Gasteiger partial charge in [0.2, 0.25) is 0 Å². The summed E-state index contributed by atoms with van der Waals surface area (Å²) in [6.45, 7) is 7.38. The van der Waals surface area contributed by atoms with Crippen molar-refractivity contribution in [1.29, 1.82) is 0 Å². The van der Waals surface area contributed by atoms with E-state index in [4.69, 9.17) is 10.8 Å². The van der Waals surface area contributed by atoms with Gasteiger partial charge < -0.3 is 5.43 Å². The molecule has 1 aliphatic heterocycles. The van der Waals surface area contributed by atoms with E-state index < -0.39 is 0 Å². The molecule has 2 heterocycles. The molecule has 2 rings (SSSR count). The fraction of sp³-hybridized carbons (Fsp3) is 0.692. The Morgan fingerprint density at radius 2 is 2.16 bits per heavy atom. The first-order valence-electron chi connectivity index (χ1n) is 6.67. The zero-order valence-corrected chi connectivity index (χ0v) is 12.9. The molecule has 0 radical (unpaired) electrons. The molecule has 0 bridgehead atoms. The van der Waals surface area contributed by atoms with E-state index in [0.717, 1.165) is 35.2 Å². The summed E-state index contributed by atoms with van der Waals surface area (Å²) in [6.07, 6.45) is 0. The molecule has 1 aliphatic rings. The van der Waals surface area contributed by atoms with Crippen molar-refractivity contribution in [2.45, 2.75) is 32.7 Å². The topological polar surface area (TPSA) is 67.1 Å². The fourth-order valence-corrected chi connectivity index (χ4v) is 3.72. The molecule has 0 aliphatic carbocycles. The zero-order chi connectivity index (χ0) is 14.0. The van der Waals surface area contributed by atoms with Crippen molar-refractivity contribution in [2.24, 2.45) is 5.84 Å². The highest BCUT2D eigenvalue weighted by molar-refractivity contribution is 7.99. The number of hydrogen-bond acceptors (Lipinski definition) is 6. The van der Waals surface area contributed by atoms with Gasteiger partial charge >= 0.3 is 0 Å². The number of nitrogens with two attached hydrogens (primary N) is 1. The summed E-state index contributed by atoms with van der Waals surface area (Å²) < 4.78 is 0. The van der Waals surface area contributed by atoms with Gasteiger partial charge in [-0.3, -0.25) is 4.90 Å². The number of nitrogen functional groups attached to an aromatic ring is 1. The smallest absolute Gasteiger partial charge is 0.149 e. The maximum Gasteiger partial charge on any atom is 0.149 e. The van der Waals surface area contributed by atoms with Gasteiger partial charge in [0, 0.05) is 29.3 Å². The van der Waals surface area contributed by atoms with E-state index in [1.165, 1.54) is 5.75 Å². The van der Waals surface area contributed by atoms with E-state index in [1.807, 2.05) is 18.7 Å². The molecule has 1 aromatic heterocycles. The number of rotatable bonds is 3. The van der Waals surface area contributed by atoms with Crippen LogP contribution in [0.5, 0.6) is 0 Å². The van der Waals surface area contributed by atoms with Crippen LogP contribution in [0.4, 0.5) is 5.82 Å². The number of thioether (sulfide) groups is 1. The Balaban J connectivity index is 2.39. The third kappa shape index (κ3) is 3.01. The summed E-state index contributed by atoms with van der Waals surface area (Å²) in [7, 11) is 2.13. The minimum Gasteiger partial charge on any atom is -0.308 e. The molecule has 1 saturated heterocycles. The van der Waals surface area contributed by atoms with Crippen LogP contribution in [0.2, 0.25) is 0 Å². The molecule has 3 N–H and O–H groups in total. The Morgan fingerprint density at radius 1 is 1.42 bits per heavy atom. The first-order chi connectivity index (χ1) is 9.04. The first-order valence-corrected chi connectivity index (χ1v) is 7.83. The maximum atomic E-state index is 5.63.